The molecule has 3 aliphatic carbocycles. The Morgan fingerprint density at radius 1 is 0.957 bits per heavy atom. The van der Waals surface area contributed by atoms with Crippen LogP contribution in [0.2, 0.25) is 0 Å². The van der Waals surface area contributed by atoms with Gasteiger partial charge in [-0.1, -0.05) is 61.7 Å². The van der Waals surface area contributed by atoms with Crippen LogP contribution < -0.4 is 10.4 Å². The number of hydrogen-bond acceptors (Lipinski definition) is 0. The molecule has 0 N–H and O–H groups in total. The van der Waals surface area contributed by atoms with Gasteiger partial charge in [0.25, 0.3) is 0 Å². The summed E-state index contributed by atoms with van der Waals surface area (Å²) in [6.07, 6.45) is 12.6. The van der Waals surface area contributed by atoms with E-state index in [9.17, 15) is 0 Å². The first-order valence-corrected chi connectivity index (χ1v) is 9.53. The highest BCUT2D eigenvalue weighted by Crippen LogP contribution is 2.34. The van der Waals surface area contributed by atoms with Gasteiger partial charge in [-0.3, -0.25) is 0 Å². The van der Waals surface area contributed by atoms with Gasteiger partial charge >= 0.3 is 0 Å². The van der Waals surface area contributed by atoms with Crippen LogP contribution in [0.3, 0.4) is 0 Å². The molecule has 0 heterocycles. The summed E-state index contributed by atoms with van der Waals surface area (Å²) in [5.41, 5.74) is 5.87. The lowest BCUT2D eigenvalue weighted by atomic mass is 9.95. The van der Waals surface area contributed by atoms with Crippen LogP contribution in [-0.2, 0) is 0 Å². The van der Waals surface area contributed by atoms with E-state index in [1.165, 1.54) is 54.9 Å². The van der Waals surface area contributed by atoms with Gasteiger partial charge in [-0.2, -0.15) is 0 Å². The van der Waals surface area contributed by atoms with Gasteiger partial charge < -0.3 is 0 Å². The van der Waals surface area contributed by atoms with Crippen LogP contribution in [0.1, 0.15) is 30.4 Å². The molecular formula is C21H14Br2. The Kier molecular flexibility index (Phi) is 3.08. The Balaban J connectivity index is 2.01. The maximum absolute atomic E-state index is 3.86. The fourth-order valence-corrected chi connectivity index (χ4v) is 4.77. The van der Waals surface area contributed by atoms with Crippen molar-refractivity contribution in [1.29, 1.82) is 0 Å². The van der Waals surface area contributed by atoms with Crippen molar-refractivity contribution >= 4 is 49.1 Å². The summed E-state index contributed by atoms with van der Waals surface area (Å²) in [6, 6.07) is 8.89. The van der Waals surface area contributed by atoms with Crippen molar-refractivity contribution in [2.45, 2.75) is 19.3 Å². The van der Waals surface area contributed by atoms with Crippen LogP contribution in [-0.4, -0.2) is 0 Å². The van der Waals surface area contributed by atoms with Crippen molar-refractivity contribution in [1.82, 2.24) is 0 Å². The highest BCUT2D eigenvalue weighted by Gasteiger charge is 2.22. The summed E-state index contributed by atoms with van der Waals surface area (Å²) in [6.45, 7) is 0. The maximum atomic E-state index is 3.86. The molecule has 0 radical (unpaired) electrons. The monoisotopic (exact) mass is 424 g/mol. The third-order valence-electron chi connectivity index (χ3n) is 4.87. The average molecular weight is 426 g/mol. The standard InChI is InChI=1S/C21H14Br2/c22-15-8-7-14-9-18-17(16(14)10-15)11-19(23)21(13-5-6-13)20(18)12-3-1-2-4-12/h1-3,7-11H,4-6H2. The van der Waals surface area contributed by atoms with E-state index in [0.717, 1.165) is 10.9 Å². The van der Waals surface area contributed by atoms with Gasteiger partial charge in [-0.15, -0.1) is 0 Å². The van der Waals surface area contributed by atoms with Gasteiger partial charge in [0.1, 0.15) is 0 Å². The van der Waals surface area contributed by atoms with Crippen LogP contribution >= 0.6 is 31.9 Å². The third-order valence-corrected chi connectivity index (χ3v) is 5.99. The second-order valence-electron chi connectivity index (χ2n) is 6.37. The van der Waals surface area contributed by atoms with Crippen LogP contribution in [0, 0.1) is 10.4 Å². The highest BCUT2D eigenvalue weighted by atomic mass is 79.9. The molecule has 3 aliphatic rings. The van der Waals surface area contributed by atoms with Gasteiger partial charge in [-0.25, -0.2) is 0 Å². The van der Waals surface area contributed by atoms with Crippen molar-refractivity contribution in [3.63, 3.8) is 0 Å². The molecule has 2 heteroatoms. The summed E-state index contributed by atoms with van der Waals surface area (Å²) in [5.74, 6) is 0. The quantitative estimate of drug-likeness (QED) is 0.518. The first-order valence-electron chi connectivity index (χ1n) is 7.94. The predicted octanol–water partition coefficient (Wildman–Crippen LogP) is 4.93. The molecule has 0 saturated heterocycles. The summed E-state index contributed by atoms with van der Waals surface area (Å²) >= 11 is 7.48. The van der Waals surface area contributed by atoms with E-state index in [1.54, 1.807) is 5.57 Å². The van der Waals surface area contributed by atoms with E-state index < -0.39 is 0 Å². The Hall–Kier alpha value is -1.38. The fourth-order valence-electron chi connectivity index (χ4n) is 3.71. The van der Waals surface area contributed by atoms with Crippen molar-refractivity contribution in [2.75, 3.05) is 0 Å². The smallest absolute Gasteiger partial charge is 0.0259 e. The summed E-state index contributed by atoms with van der Waals surface area (Å²) in [4.78, 5) is 0. The molecule has 5 rings (SSSR count). The zero-order valence-electron chi connectivity index (χ0n) is 12.5. The second kappa shape index (κ2) is 5.06. The lowest BCUT2D eigenvalue weighted by molar-refractivity contribution is 1.35. The minimum atomic E-state index is 1.04. The topological polar surface area (TPSA) is 0 Å². The molecule has 0 nitrogen and oxygen atoms in total. The molecule has 1 fully saturated rings. The normalized spacial score (nSPS) is 17.0. The molecule has 0 amide bonds. The molecule has 2 aromatic rings. The van der Waals surface area contributed by atoms with Crippen LogP contribution in [0.5, 0.6) is 0 Å². The molecule has 112 valence electrons. The number of rotatable bonds is 1. The molecule has 0 bridgehead atoms. The number of fused-ring (bicyclic) bond motifs is 2. The van der Waals surface area contributed by atoms with Gasteiger partial charge in [0.2, 0.25) is 0 Å². The SMILES string of the molecule is Brc1ccc2c(c1)=c1cc(Br)c(=C3CC3)c(C3=CC=CC3)c1C=2. The number of allylic oxidation sites excluding steroid dienone is 4. The van der Waals surface area contributed by atoms with Gasteiger partial charge in [-0.05, 0) is 81.1 Å². The minimum absolute atomic E-state index is 1.04. The third kappa shape index (κ3) is 2.15. The van der Waals surface area contributed by atoms with E-state index in [1.807, 2.05) is 0 Å². The molecule has 0 aromatic heterocycles. The lowest BCUT2D eigenvalue weighted by Gasteiger charge is -2.11. The minimum Gasteiger partial charge on any atom is -0.0801 e. The van der Waals surface area contributed by atoms with Gasteiger partial charge in [0.05, 0.1) is 0 Å². The molecule has 0 unspecified atom stereocenters. The van der Waals surface area contributed by atoms with E-state index >= 15 is 0 Å². The maximum Gasteiger partial charge on any atom is 0.0259 e. The predicted molar refractivity (Wildman–Crippen MR) is 103 cm³/mol. The van der Waals surface area contributed by atoms with E-state index in [0.29, 0.717) is 0 Å². The van der Waals surface area contributed by atoms with Crippen LogP contribution in [0.25, 0.3) is 17.2 Å². The molecule has 0 aliphatic heterocycles. The number of benzene rings is 2. The zero-order chi connectivity index (χ0) is 15.6. The van der Waals surface area contributed by atoms with Crippen molar-refractivity contribution in [3.05, 3.63) is 83.4 Å². The lowest BCUT2D eigenvalue weighted by Crippen LogP contribution is -2.13. The Labute approximate surface area is 151 Å². The van der Waals surface area contributed by atoms with Gasteiger partial charge in [0, 0.05) is 8.95 Å². The molecule has 2 aromatic carbocycles. The van der Waals surface area contributed by atoms with Crippen molar-refractivity contribution in [2.24, 2.45) is 0 Å². The van der Waals surface area contributed by atoms with Crippen molar-refractivity contribution < 1.29 is 0 Å². The Morgan fingerprint density at radius 3 is 2.57 bits per heavy atom. The molecule has 1 saturated carbocycles. The highest BCUT2D eigenvalue weighted by molar-refractivity contribution is 9.10. The molecular weight excluding hydrogens is 412 g/mol. The second-order valence-corrected chi connectivity index (χ2v) is 8.14. The van der Waals surface area contributed by atoms with Crippen LogP contribution in [0.15, 0.2) is 51.4 Å². The first kappa shape index (κ1) is 14.0. The zero-order valence-corrected chi connectivity index (χ0v) is 15.7. The van der Waals surface area contributed by atoms with E-state index in [-0.39, 0.29) is 0 Å². The fraction of sp³-hybridized carbons (Fsp3) is 0.143. The number of hydrogen-bond donors (Lipinski definition) is 0. The number of halogens is 2. The summed E-state index contributed by atoms with van der Waals surface area (Å²) in [7, 11) is 0. The molecule has 0 atom stereocenters. The van der Waals surface area contributed by atoms with Gasteiger partial charge in [0.15, 0.2) is 0 Å². The largest absolute Gasteiger partial charge is 0.0801 e. The summed E-state index contributed by atoms with van der Waals surface area (Å²) < 4.78 is 2.38. The van der Waals surface area contributed by atoms with E-state index in [4.69, 9.17) is 0 Å². The Morgan fingerprint density at radius 2 is 1.83 bits per heavy atom. The Bertz CT molecular complexity index is 1140. The van der Waals surface area contributed by atoms with E-state index in [2.05, 4.69) is 80.4 Å². The summed E-state index contributed by atoms with van der Waals surface area (Å²) in [5, 5.41) is 5.44. The average Bonchev–Trinajstić information content (AvgIpc) is 3.10. The van der Waals surface area contributed by atoms with Crippen LogP contribution in [0.4, 0.5) is 0 Å². The molecule has 23 heavy (non-hydrogen) atoms. The first-order chi connectivity index (χ1) is 11.2. The van der Waals surface area contributed by atoms with Crippen molar-refractivity contribution in [3.8, 4) is 0 Å². The molecule has 0 spiro atoms.